The van der Waals surface area contributed by atoms with Gasteiger partial charge in [-0.15, -0.1) is 0 Å². The standard InChI is InChI=1S/C20H27N3O4/c1-5-27-19(24)10-14-13-21-20(23-8-6-22(2)7-9-23)16-12-18(26-4)17(25-3)11-15(14)16/h11-13H,5-10H2,1-4H3. The lowest BCUT2D eigenvalue weighted by Gasteiger charge is -2.34. The van der Waals surface area contributed by atoms with Gasteiger partial charge in [-0.3, -0.25) is 4.79 Å². The smallest absolute Gasteiger partial charge is 0.310 e. The van der Waals surface area contributed by atoms with Crippen molar-refractivity contribution in [2.45, 2.75) is 13.3 Å². The SMILES string of the molecule is CCOC(=O)Cc1cnc(N2CCN(C)CC2)c2cc(OC)c(OC)cc12. The molecule has 0 amide bonds. The van der Waals surface area contributed by atoms with Gasteiger partial charge in [0, 0.05) is 37.8 Å². The Morgan fingerprint density at radius 3 is 2.30 bits per heavy atom. The molecule has 2 aromatic rings. The average Bonchev–Trinajstić information content (AvgIpc) is 2.68. The highest BCUT2D eigenvalue weighted by molar-refractivity contribution is 5.98. The normalized spacial score (nSPS) is 15.0. The summed E-state index contributed by atoms with van der Waals surface area (Å²) in [4.78, 5) is 21.3. The van der Waals surface area contributed by atoms with Gasteiger partial charge >= 0.3 is 5.97 Å². The number of likely N-dealkylation sites (N-methyl/N-ethyl adjacent to an activating group) is 1. The Kier molecular flexibility index (Phi) is 6.01. The molecule has 27 heavy (non-hydrogen) atoms. The molecule has 3 rings (SSSR count). The molecule has 1 fully saturated rings. The lowest BCUT2D eigenvalue weighted by atomic mass is 10.0. The molecule has 7 heteroatoms. The molecule has 0 atom stereocenters. The van der Waals surface area contributed by atoms with Gasteiger partial charge in [-0.1, -0.05) is 0 Å². The predicted molar refractivity (Wildman–Crippen MR) is 105 cm³/mol. The Hall–Kier alpha value is -2.54. The van der Waals surface area contributed by atoms with Crippen LogP contribution in [0.3, 0.4) is 0 Å². The minimum absolute atomic E-state index is 0.176. The van der Waals surface area contributed by atoms with E-state index in [1.807, 2.05) is 12.1 Å². The number of hydrogen-bond donors (Lipinski definition) is 0. The number of esters is 1. The van der Waals surface area contributed by atoms with Crippen LogP contribution in [-0.2, 0) is 16.0 Å². The van der Waals surface area contributed by atoms with Crippen molar-refractivity contribution in [3.63, 3.8) is 0 Å². The van der Waals surface area contributed by atoms with Gasteiger partial charge in [0.1, 0.15) is 5.82 Å². The van der Waals surface area contributed by atoms with Crippen molar-refractivity contribution < 1.29 is 19.0 Å². The Bertz CT molecular complexity index is 816. The van der Waals surface area contributed by atoms with Crippen LogP contribution in [-0.4, -0.2) is 69.9 Å². The summed E-state index contributed by atoms with van der Waals surface area (Å²) in [6.45, 7) is 5.95. The van der Waals surface area contributed by atoms with E-state index in [4.69, 9.17) is 19.2 Å². The molecular formula is C20H27N3O4. The van der Waals surface area contributed by atoms with Gasteiger partial charge in [0.25, 0.3) is 0 Å². The van der Waals surface area contributed by atoms with E-state index >= 15 is 0 Å². The number of carbonyl (C=O) groups excluding carboxylic acids is 1. The number of nitrogens with zero attached hydrogens (tertiary/aromatic N) is 3. The zero-order valence-electron chi connectivity index (χ0n) is 16.4. The first-order valence-corrected chi connectivity index (χ1v) is 9.20. The van der Waals surface area contributed by atoms with Gasteiger partial charge in [-0.2, -0.15) is 0 Å². The molecule has 1 aliphatic heterocycles. The highest BCUT2D eigenvalue weighted by Crippen LogP contribution is 2.37. The number of hydrogen-bond acceptors (Lipinski definition) is 7. The van der Waals surface area contributed by atoms with E-state index in [9.17, 15) is 4.79 Å². The molecule has 0 unspecified atom stereocenters. The highest BCUT2D eigenvalue weighted by Gasteiger charge is 2.21. The Morgan fingerprint density at radius 2 is 1.70 bits per heavy atom. The van der Waals surface area contributed by atoms with Gasteiger partial charge in [0.15, 0.2) is 11.5 Å². The minimum atomic E-state index is -0.261. The lowest BCUT2D eigenvalue weighted by molar-refractivity contribution is -0.142. The third-order valence-electron chi connectivity index (χ3n) is 4.90. The first-order valence-electron chi connectivity index (χ1n) is 9.20. The molecule has 1 aromatic carbocycles. The molecule has 0 saturated carbocycles. The fourth-order valence-corrected chi connectivity index (χ4v) is 3.39. The summed E-state index contributed by atoms with van der Waals surface area (Å²) >= 11 is 0. The Labute approximate surface area is 159 Å². The van der Waals surface area contributed by atoms with E-state index < -0.39 is 0 Å². The number of aromatic nitrogens is 1. The summed E-state index contributed by atoms with van der Waals surface area (Å²) in [7, 11) is 5.35. The van der Waals surface area contributed by atoms with Crippen LogP contribution in [0.25, 0.3) is 10.8 Å². The number of piperazine rings is 1. The maximum Gasteiger partial charge on any atom is 0.310 e. The Morgan fingerprint density at radius 1 is 1.07 bits per heavy atom. The van der Waals surface area contributed by atoms with E-state index in [0.29, 0.717) is 18.1 Å². The fraction of sp³-hybridized carbons (Fsp3) is 0.500. The third kappa shape index (κ3) is 4.08. The van der Waals surface area contributed by atoms with Crippen molar-refractivity contribution in [3.05, 3.63) is 23.9 Å². The van der Waals surface area contributed by atoms with Crippen LogP contribution in [0.5, 0.6) is 11.5 Å². The maximum atomic E-state index is 12.0. The number of methoxy groups -OCH3 is 2. The largest absolute Gasteiger partial charge is 0.493 e. The fourth-order valence-electron chi connectivity index (χ4n) is 3.39. The number of pyridine rings is 1. The molecule has 0 N–H and O–H groups in total. The lowest BCUT2D eigenvalue weighted by Crippen LogP contribution is -2.44. The van der Waals surface area contributed by atoms with Gasteiger partial charge in [-0.25, -0.2) is 4.98 Å². The first kappa shape index (κ1) is 19.2. The van der Waals surface area contributed by atoms with E-state index in [-0.39, 0.29) is 12.4 Å². The van der Waals surface area contributed by atoms with Crippen LogP contribution in [0, 0.1) is 0 Å². The Balaban J connectivity index is 2.10. The van der Waals surface area contributed by atoms with Gasteiger partial charge in [0.05, 0.1) is 27.2 Å². The van der Waals surface area contributed by atoms with E-state index in [1.54, 1.807) is 27.3 Å². The van der Waals surface area contributed by atoms with Crippen molar-refractivity contribution in [2.24, 2.45) is 0 Å². The second-order valence-corrected chi connectivity index (χ2v) is 6.63. The van der Waals surface area contributed by atoms with Crippen molar-refractivity contribution in [1.29, 1.82) is 0 Å². The second-order valence-electron chi connectivity index (χ2n) is 6.63. The van der Waals surface area contributed by atoms with Crippen molar-refractivity contribution >= 4 is 22.6 Å². The van der Waals surface area contributed by atoms with Gasteiger partial charge in [-0.05, 0) is 37.1 Å². The van der Waals surface area contributed by atoms with Crippen molar-refractivity contribution in [1.82, 2.24) is 9.88 Å². The quantitative estimate of drug-likeness (QED) is 0.719. The summed E-state index contributed by atoms with van der Waals surface area (Å²) in [5.74, 6) is 1.93. The zero-order chi connectivity index (χ0) is 19.4. The van der Waals surface area contributed by atoms with Crippen LogP contribution in [0.1, 0.15) is 12.5 Å². The number of fused-ring (bicyclic) bond motifs is 1. The second kappa shape index (κ2) is 8.43. The summed E-state index contributed by atoms with van der Waals surface area (Å²) < 4.78 is 16.1. The van der Waals surface area contributed by atoms with Crippen molar-refractivity contribution in [2.75, 3.05) is 59.0 Å². The van der Waals surface area contributed by atoms with E-state index in [1.165, 1.54) is 0 Å². The van der Waals surface area contributed by atoms with Crippen LogP contribution in [0.15, 0.2) is 18.3 Å². The van der Waals surface area contributed by atoms with E-state index in [2.05, 4.69) is 16.8 Å². The number of carbonyl (C=O) groups is 1. The molecule has 2 heterocycles. The minimum Gasteiger partial charge on any atom is -0.493 e. The molecule has 7 nitrogen and oxygen atoms in total. The summed E-state index contributed by atoms with van der Waals surface area (Å²) in [5, 5.41) is 1.89. The predicted octanol–water partition coefficient (Wildman–Crippen LogP) is 2.11. The van der Waals surface area contributed by atoms with Gasteiger partial charge in [0.2, 0.25) is 0 Å². The number of rotatable bonds is 6. The average molecular weight is 373 g/mol. The molecule has 0 spiro atoms. The summed E-state index contributed by atoms with van der Waals surface area (Å²) in [6, 6.07) is 3.87. The summed E-state index contributed by atoms with van der Waals surface area (Å²) in [6.07, 6.45) is 1.95. The maximum absolute atomic E-state index is 12.0. The van der Waals surface area contributed by atoms with Crippen LogP contribution >= 0.6 is 0 Å². The molecule has 146 valence electrons. The number of ether oxygens (including phenoxy) is 3. The van der Waals surface area contributed by atoms with Crippen LogP contribution in [0.4, 0.5) is 5.82 Å². The molecule has 0 bridgehead atoms. The van der Waals surface area contributed by atoms with Crippen LogP contribution < -0.4 is 14.4 Å². The topological polar surface area (TPSA) is 64.1 Å². The molecule has 1 saturated heterocycles. The zero-order valence-corrected chi connectivity index (χ0v) is 16.4. The monoisotopic (exact) mass is 373 g/mol. The number of benzene rings is 1. The molecule has 1 aromatic heterocycles. The molecule has 1 aliphatic rings. The molecular weight excluding hydrogens is 346 g/mol. The van der Waals surface area contributed by atoms with E-state index in [0.717, 1.165) is 48.3 Å². The van der Waals surface area contributed by atoms with Crippen molar-refractivity contribution in [3.8, 4) is 11.5 Å². The molecule has 0 radical (unpaired) electrons. The number of anilines is 1. The highest BCUT2D eigenvalue weighted by atomic mass is 16.5. The van der Waals surface area contributed by atoms with Gasteiger partial charge < -0.3 is 24.0 Å². The first-order chi connectivity index (χ1) is 13.1. The summed E-state index contributed by atoms with van der Waals surface area (Å²) in [5.41, 5.74) is 0.822. The van der Waals surface area contributed by atoms with Crippen LogP contribution in [0.2, 0.25) is 0 Å². The third-order valence-corrected chi connectivity index (χ3v) is 4.90. The molecule has 0 aliphatic carbocycles.